The average Bonchev–Trinajstić information content (AvgIpc) is 0.722. The van der Waals surface area contributed by atoms with Crippen molar-refractivity contribution < 1.29 is 30.0 Å². The van der Waals surface area contributed by atoms with Crippen LogP contribution >= 0.6 is 0 Å². The summed E-state index contributed by atoms with van der Waals surface area (Å²) in [6.07, 6.45) is 0. The molecule has 3 N–H and O–H groups in total. The minimum Gasteiger partial charge on any atom is -0.274 e. The minimum absolute atomic E-state index is 0. The van der Waals surface area contributed by atoms with Gasteiger partial charge in [-0.25, -0.2) is 5.14 Å². The van der Waals surface area contributed by atoms with Crippen LogP contribution in [0, 0.1) is 0 Å². The second-order valence-corrected chi connectivity index (χ2v) is 1.54. The fraction of sp³-hybridized carbons (Fsp3) is 0. The standard InChI is InChI=1S/Cu.H3NO3S/c;1-5(2,3)4/h;(H3,1,2,3,4). The summed E-state index contributed by atoms with van der Waals surface area (Å²) < 4.78 is 25.2. The molecule has 0 aromatic heterocycles. The van der Waals surface area contributed by atoms with E-state index >= 15 is 0 Å². The summed E-state index contributed by atoms with van der Waals surface area (Å²) in [6, 6.07) is 0. The Morgan fingerprint density at radius 3 is 1.50 bits per heavy atom. The third kappa shape index (κ3) is 332. The van der Waals surface area contributed by atoms with Crippen molar-refractivity contribution >= 4 is 10.3 Å². The van der Waals surface area contributed by atoms with Gasteiger partial charge in [0, 0.05) is 17.1 Å². The molecule has 6 heteroatoms. The minimum atomic E-state index is -4.17. The van der Waals surface area contributed by atoms with Crippen molar-refractivity contribution in [3.8, 4) is 0 Å². The third-order valence-corrected chi connectivity index (χ3v) is 0. The van der Waals surface area contributed by atoms with Crippen LogP contribution in [0.5, 0.6) is 0 Å². The van der Waals surface area contributed by atoms with Crippen molar-refractivity contribution in [1.29, 1.82) is 0 Å². The number of rotatable bonds is 0. The number of hydrogen-bond acceptors (Lipinski definition) is 2. The molecule has 0 aliphatic heterocycles. The first-order valence-corrected chi connectivity index (χ1v) is 2.25. The molecule has 0 aliphatic rings. The molecule has 0 aliphatic carbocycles. The quantitative estimate of drug-likeness (QED) is 0.343. The Morgan fingerprint density at radius 1 is 1.50 bits per heavy atom. The Bertz CT molecular complexity index is 94.0. The van der Waals surface area contributed by atoms with Crippen LogP contribution in [0.3, 0.4) is 0 Å². The maximum Gasteiger partial charge on any atom is 0.330 e. The molecule has 0 aromatic carbocycles. The molecule has 1 radical (unpaired) electrons. The van der Waals surface area contributed by atoms with Gasteiger partial charge in [0.15, 0.2) is 0 Å². The van der Waals surface area contributed by atoms with Gasteiger partial charge in [0.2, 0.25) is 0 Å². The Labute approximate surface area is 46.1 Å². The summed E-state index contributed by atoms with van der Waals surface area (Å²) in [5.41, 5.74) is 0. The number of nitrogens with two attached hydrogens (primary N) is 1. The van der Waals surface area contributed by atoms with Crippen LogP contribution in [0.15, 0.2) is 0 Å². The van der Waals surface area contributed by atoms with E-state index in [0.29, 0.717) is 0 Å². The second kappa shape index (κ2) is 2.54. The molecule has 0 aromatic rings. The maximum absolute atomic E-state index is 8.97. The van der Waals surface area contributed by atoms with Gasteiger partial charge in [-0.1, -0.05) is 0 Å². The van der Waals surface area contributed by atoms with E-state index in [-0.39, 0.29) is 17.1 Å². The monoisotopic (exact) mass is 160 g/mol. The summed E-state index contributed by atoms with van der Waals surface area (Å²) >= 11 is 0. The Kier molecular flexibility index (Phi) is 4.08. The molecule has 0 saturated carbocycles. The maximum atomic E-state index is 8.97. The SMILES string of the molecule is NS(=O)(=O)O.[Cu]. The normalized spacial score (nSPS) is 9.67. The molecule has 0 unspecified atom stereocenters. The van der Waals surface area contributed by atoms with Crippen LogP contribution in [0.2, 0.25) is 0 Å². The van der Waals surface area contributed by atoms with E-state index in [9.17, 15) is 0 Å². The van der Waals surface area contributed by atoms with Gasteiger partial charge in [-0.05, 0) is 0 Å². The average molecular weight is 161 g/mol. The smallest absolute Gasteiger partial charge is 0.274 e. The third-order valence-electron chi connectivity index (χ3n) is 0. The fourth-order valence-electron chi connectivity index (χ4n) is 0. The van der Waals surface area contributed by atoms with Crippen molar-refractivity contribution in [3.63, 3.8) is 0 Å². The van der Waals surface area contributed by atoms with Gasteiger partial charge in [0.25, 0.3) is 0 Å². The van der Waals surface area contributed by atoms with E-state index in [1.807, 2.05) is 0 Å². The van der Waals surface area contributed by atoms with Crippen LogP contribution in [0.1, 0.15) is 0 Å². The molecule has 0 atom stereocenters. The van der Waals surface area contributed by atoms with Crippen LogP contribution in [-0.4, -0.2) is 13.0 Å². The van der Waals surface area contributed by atoms with E-state index in [1.165, 1.54) is 0 Å². The van der Waals surface area contributed by atoms with Crippen LogP contribution in [0.4, 0.5) is 0 Å². The van der Waals surface area contributed by atoms with Crippen LogP contribution < -0.4 is 5.14 Å². The second-order valence-electron chi connectivity index (χ2n) is 0.515. The first-order valence-electron chi connectivity index (χ1n) is 0.752. The summed E-state index contributed by atoms with van der Waals surface area (Å²) in [6.45, 7) is 0. The van der Waals surface area contributed by atoms with E-state index in [2.05, 4.69) is 5.14 Å². The van der Waals surface area contributed by atoms with Gasteiger partial charge in [-0.3, -0.25) is 4.55 Å². The Hall–Kier alpha value is 0.389. The summed E-state index contributed by atoms with van der Waals surface area (Å²) in [5, 5.41) is 3.88. The fourth-order valence-corrected chi connectivity index (χ4v) is 0. The van der Waals surface area contributed by atoms with Crippen molar-refractivity contribution in [2.75, 3.05) is 0 Å². The van der Waals surface area contributed by atoms with Gasteiger partial charge >= 0.3 is 10.3 Å². The zero-order valence-electron chi connectivity index (χ0n) is 2.55. The zero-order valence-corrected chi connectivity index (χ0v) is 4.31. The van der Waals surface area contributed by atoms with Crippen molar-refractivity contribution in [3.05, 3.63) is 0 Å². The molecular weight excluding hydrogens is 158 g/mol. The van der Waals surface area contributed by atoms with Crippen molar-refractivity contribution in [2.24, 2.45) is 5.14 Å². The Balaban J connectivity index is 0. The van der Waals surface area contributed by atoms with E-state index in [4.69, 9.17) is 13.0 Å². The predicted molar refractivity (Wildman–Crippen MR) is 15.7 cm³/mol. The van der Waals surface area contributed by atoms with Gasteiger partial charge in [0.05, 0.1) is 0 Å². The topological polar surface area (TPSA) is 80.4 Å². The van der Waals surface area contributed by atoms with Gasteiger partial charge in [-0.15, -0.1) is 0 Å². The molecule has 0 amide bonds. The molecule has 0 heterocycles. The van der Waals surface area contributed by atoms with Gasteiger partial charge in [0.1, 0.15) is 0 Å². The van der Waals surface area contributed by atoms with E-state index < -0.39 is 10.3 Å². The van der Waals surface area contributed by atoms with Gasteiger partial charge in [-0.2, -0.15) is 8.42 Å². The number of hydrogen-bond donors (Lipinski definition) is 2. The molecule has 0 bridgehead atoms. The van der Waals surface area contributed by atoms with E-state index in [0.717, 1.165) is 0 Å². The molecule has 4 nitrogen and oxygen atoms in total. The summed E-state index contributed by atoms with van der Waals surface area (Å²) in [4.78, 5) is 0. The van der Waals surface area contributed by atoms with Gasteiger partial charge < -0.3 is 0 Å². The molecular formula is H3CuNO3S. The summed E-state index contributed by atoms with van der Waals surface area (Å²) in [5.74, 6) is 0. The molecule has 43 valence electrons. The molecule has 0 spiro atoms. The summed E-state index contributed by atoms with van der Waals surface area (Å²) in [7, 11) is -4.17. The molecule has 6 heavy (non-hydrogen) atoms. The van der Waals surface area contributed by atoms with Crippen LogP contribution in [0.25, 0.3) is 0 Å². The first kappa shape index (κ1) is 9.63. The van der Waals surface area contributed by atoms with Crippen molar-refractivity contribution in [2.45, 2.75) is 0 Å². The molecule has 0 rings (SSSR count). The van der Waals surface area contributed by atoms with E-state index in [1.54, 1.807) is 0 Å². The zero-order chi connectivity index (χ0) is 4.50. The van der Waals surface area contributed by atoms with Crippen molar-refractivity contribution in [1.82, 2.24) is 0 Å². The largest absolute Gasteiger partial charge is 0.330 e. The van der Waals surface area contributed by atoms with Crippen LogP contribution in [-0.2, 0) is 27.4 Å². The molecule has 0 fully saturated rings. The Morgan fingerprint density at radius 2 is 1.50 bits per heavy atom. The first-order chi connectivity index (χ1) is 2.00. The molecule has 0 saturated heterocycles. The predicted octanol–water partition coefficient (Wildman–Crippen LogP) is -1.25.